The van der Waals surface area contributed by atoms with E-state index in [1.165, 1.54) is 12.1 Å². The minimum absolute atomic E-state index is 0.0217. The molecule has 0 saturated carbocycles. The van der Waals surface area contributed by atoms with Crippen molar-refractivity contribution >= 4 is 0 Å². The van der Waals surface area contributed by atoms with E-state index in [0.29, 0.717) is 12.0 Å². The molecule has 0 amide bonds. The van der Waals surface area contributed by atoms with Crippen molar-refractivity contribution in [1.29, 1.82) is 5.26 Å². The first-order chi connectivity index (χ1) is 11.8. The van der Waals surface area contributed by atoms with Crippen LogP contribution in [0.25, 0.3) is 0 Å². The number of nitrogens with zero attached hydrogens (tertiary/aromatic N) is 1. The number of aliphatic hydroxyl groups is 1. The minimum atomic E-state index is -4.42. The van der Waals surface area contributed by atoms with E-state index in [-0.39, 0.29) is 18.2 Å². The highest BCUT2D eigenvalue weighted by molar-refractivity contribution is 5.32. The summed E-state index contributed by atoms with van der Waals surface area (Å²) in [6.07, 6.45) is -4.77. The van der Waals surface area contributed by atoms with Gasteiger partial charge >= 0.3 is 6.18 Å². The van der Waals surface area contributed by atoms with Gasteiger partial charge in [0.1, 0.15) is 0 Å². The van der Waals surface area contributed by atoms with Crippen LogP contribution in [0.15, 0.2) is 48.5 Å². The molecule has 6 heteroatoms. The Balaban J connectivity index is 1.90. The lowest BCUT2D eigenvalue weighted by Gasteiger charge is -2.18. The first-order valence-corrected chi connectivity index (χ1v) is 7.87. The molecule has 2 aromatic rings. The van der Waals surface area contributed by atoms with E-state index in [2.05, 4.69) is 11.4 Å². The van der Waals surface area contributed by atoms with Gasteiger partial charge in [-0.15, -0.1) is 0 Å². The molecular weight excluding hydrogens is 329 g/mol. The SMILES string of the molecule is CC(Cc1ccc(C#N)cc1)NCC(O)c1cccc(C(F)(F)F)c1. The van der Waals surface area contributed by atoms with E-state index in [0.717, 1.165) is 17.7 Å². The second-order valence-electron chi connectivity index (χ2n) is 5.96. The van der Waals surface area contributed by atoms with Crippen LogP contribution in [-0.2, 0) is 12.6 Å². The van der Waals surface area contributed by atoms with E-state index < -0.39 is 17.8 Å². The average molecular weight is 348 g/mol. The van der Waals surface area contributed by atoms with Crippen molar-refractivity contribution in [3.8, 4) is 6.07 Å². The van der Waals surface area contributed by atoms with E-state index >= 15 is 0 Å². The predicted octanol–water partition coefficient (Wildman–Crippen LogP) is 3.83. The zero-order valence-corrected chi connectivity index (χ0v) is 13.7. The maximum absolute atomic E-state index is 12.7. The highest BCUT2D eigenvalue weighted by Gasteiger charge is 2.30. The predicted molar refractivity (Wildman–Crippen MR) is 88.7 cm³/mol. The summed E-state index contributed by atoms with van der Waals surface area (Å²) in [4.78, 5) is 0. The Kier molecular flexibility index (Phi) is 6.18. The molecule has 2 unspecified atom stereocenters. The molecule has 0 spiro atoms. The number of hydrogen-bond acceptors (Lipinski definition) is 3. The molecule has 3 nitrogen and oxygen atoms in total. The molecule has 25 heavy (non-hydrogen) atoms. The number of nitriles is 1. The Labute approximate surface area is 144 Å². The number of hydrogen-bond donors (Lipinski definition) is 2. The van der Waals surface area contributed by atoms with Gasteiger partial charge in [-0.3, -0.25) is 0 Å². The van der Waals surface area contributed by atoms with Crippen LogP contribution in [-0.4, -0.2) is 17.7 Å². The van der Waals surface area contributed by atoms with Gasteiger partial charge in [0.25, 0.3) is 0 Å². The highest BCUT2D eigenvalue weighted by Crippen LogP contribution is 2.30. The molecule has 0 radical (unpaired) electrons. The van der Waals surface area contributed by atoms with Gasteiger partial charge in [-0.25, -0.2) is 0 Å². The molecule has 0 aliphatic heterocycles. The third-order valence-corrected chi connectivity index (χ3v) is 3.88. The van der Waals surface area contributed by atoms with Crippen molar-refractivity contribution in [2.75, 3.05) is 6.54 Å². The lowest BCUT2D eigenvalue weighted by atomic mass is 10.0. The molecule has 132 valence electrons. The van der Waals surface area contributed by atoms with Gasteiger partial charge in [-0.1, -0.05) is 24.3 Å². The summed E-state index contributed by atoms with van der Waals surface area (Å²) >= 11 is 0. The molecule has 0 heterocycles. The third kappa shape index (κ3) is 5.59. The second-order valence-corrected chi connectivity index (χ2v) is 5.96. The summed E-state index contributed by atoms with van der Waals surface area (Å²) in [7, 11) is 0. The molecule has 0 fully saturated rings. The van der Waals surface area contributed by atoms with Crippen molar-refractivity contribution in [2.45, 2.75) is 31.7 Å². The van der Waals surface area contributed by atoms with Crippen LogP contribution in [0.3, 0.4) is 0 Å². The molecular formula is C19H19F3N2O. The van der Waals surface area contributed by atoms with Gasteiger partial charge in [0.15, 0.2) is 0 Å². The Morgan fingerprint density at radius 2 is 1.84 bits per heavy atom. The fraction of sp³-hybridized carbons (Fsp3) is 0.316. The number of benzene rings is 2. The number of aliphatic hydroxyl groups excluding tert-OH is 1. The monoisotopic (exact) mass is 348 g/mol. The Morgan fingerprint density at radius 3 is 2.44 bits per heavy atom. The van der Waals surface area contributed by atoms with Crippen LogP contribution in [0.2, 0.25) is 0 Å². The van der Waals surface area contributed by atoms with Crippen molar-refractivity contribution < 1.29 is 18.3 Å². The average Bonchev–Trinajstić information content (AvgIpc) is 2.59. The summed E-state index contributed by atoms with van der Waals surface area (Å²) in [6, 6.07) is 14.0. The Morgan fingerprint density at radius 1 is 1.16 bits per heavy atom. The topological polar surface area (TPSA) is 56.0 Å². The fourth-order valence-corrected chi connectivity index (χ4v) is 2.49. The summed E-state index contributed by atoms with van der Waals surface area (Å²) in [6.45, 7) is 2.08. The summed E-state index contributed by atoms with van der Waals surface area (Å²) < 4.78 is 38.2. The Bertz CT molecular complexity index is 736. The van der Waals surface area contributed by atoms with E-state index in [1.54, 1.807) is 12.1 Å². The lowest BCUT2D eigenvalue weighted by Crippen LogP contribution is -2.32. The van der Waals surface area contributed by atoms with Crippen LogP contribution >= 0.6 is 0 Å². The van der Waals surface area contributed by atoms with Crippen LogP contribution in [0, 0.1) is 11.3 Å². The van der Waals surface area contributed by atoms with Crippen molar-refractivity contribution in [2.24, 2.45) is 0 Å². The van der Waals surface area contributed by atoms with Gasteiger partial charge in [0.05, 0.1) is 23.3 Å². The Hall–Kier alpha value is -2.36. The zero-order chi connectivity index (χ0) is 18.4. The van der Waals surface area contributed by atoms with Gasteiger partial charge in [-0.2, -0.15) is 18.4 Å². The van der Waals surface area contributed by atoms with Gasteiger partial charge < -0.3 is 10.4 Å². The van der Waals surface area contributed by atoms with Crippen LogP contribution in [0.1, 0.15) is 35.3 Å². The van der Waals surface area contributed by atoms with E-state index in [9.17, 15) is 18.3 Å². The van der Waals surface area contributed by atoms with Crippen molar-refractivity contribution in [3.63, 3.8) is 0 Å². The maximum Gasteiger partial charge on any atom is 0.416 e. The molecule has 0 aliphatic rings. The third-order valence-electron chi connectivity index (χ3n) is 3.88. The zero-order valence-electron chi connectivity index (χ0n) is 13.7. The highest BCUT2D eigenvalue weighted by atomic mass is 19.4. The largest absolute Gasteiger partial charge is 0.416 e. The summed E-state index contributed by atoms with van der Waals surface area (Å²) in [5, 5.41) is 22.0. The van der Waals surface area contributed by atoms with Crippen LogP contribution in [0.5, 0.6) is 0 Å². The fourth-order valence-electron chi connectivity index (χ4n) is 2.49. The van der Waals surface area contributed by atoms with Crippen molar-refractivity contribution in [3.05, 3.63) is 70.8 Å². The van der Waals surface area contributed by atoms with Crippen LogP contribution in [0.4, 0.5) is 13.2 Å². The first-order valence-electron chi connectivity index (χ1n) is 7.87. The molecule has 0 bridgehead atoms. The molecule has 0 saturated heterocycles. The maximum atomic E-state index is 12.7. The van der Waals surface area contributed by atoms with Crippen molar-refractivity contribution in [1.82, 2.24) is 5.32 Å². The minimum Gasteiger partial charge on any atom is -0.387 e. The number of rotatable bonds is 6. The number of nitrogens with one attached hydrogen (secondary N) is 1. The molecule has 2 aromatic carbocycles. The van der Waals surface area contributed by atoms with Crippen LogP contribution < -0.4 is 5.32 Å². The molecule has 2 atom stereocenters. The number of alkyl halides is 3. The first kappa shape index (κ1) is 19.0. The normalized spacial score (nSPS) is 13.9. The van der Waals surface area contributed by atoms with Gasteiger partial charge in [-0.05, 0) is 48.7 Å². The molecule has 0 aliphatic carbocycles. The summed E-state index contributed by atoms with van der Waals surface area (Å²) in [5.41, 5.74) is 1.08. The van der Waals surface area contributed by atoms with Gasteiger partial charge in [0, 0.05) is 12.6 Å². The summed E-state index contributed by atoms with van der Waals surface area (Å²) in [5.74, 6) is 0. The smallest absolute Gasteiger partial charge is 0.387 e. The standard InChI is InChI=1S/C19H19F3N2O/c1-13(9-14-5-7-15(11-23)8-6-14)24-12-18(25)16-3-2-4-17(10-16)19(20,21)22/h2-8,10,13,18,24-25H,9,12H2,1H3. The molecule has 2 rings (SSSR count). The molecule has 0 aromatic heterocycles. The van der Waals surface area contributed by atoms with Gasteiger partial charge in [0.2, 0.25) is 0 Å². The quantitative estimate of drug-likeness (QED) is 0.834. The lowest BCUT2D eigenvalue weighted by molar-refractivity contribution is -0.137. The molecule has 2 N–H and O–H groups in total. The number of halogens is 3. The van der Waals surface area contributed by atoms with E-state index in [1.807, 2.05) is 19.1 Å². The second kappa shape index (κ2) is 8.15. The van der Waals surface area contributed by atoms with E-state index in [4.69, 9.17) is 5.26 Å².